The minimum atomic E-state index is -0.795. The van der Waals surface area contributed by atoms with Crippen LogP contribution in [-0.2, 0) is 11.8 Å². The highest BCUT2D eigenvalue weighted by Crippen LogP contribution is 2.35. The highest BCUT2D eigenvalue weighted by atomic mass is 79.9. The summed E-state index contributed by atoms with van der Waals surface area (Å²) in [5, 5.41) is 10.6. The van der Waals surface area contributed by atoms with Gasteiger partial charge in [0.1, 0.15) is 17.2 Å². The van der Waals surface area contributed by atoms with Crippen molar-refractivity contribution in [2.75, 3.05) is 38.3 Å². The van der Waals surface area contributed by atoms with Crippen LogP contribution in [0.2, 0.25) is 0 Å². The molecule has 0 radical (unpaired) electrons. The van der Waals surface area contributed by atoms with Crippen LogP contribution in [0, 0.1) is 11.6 Å². The Morgan fingerprint density at radius 1 is 1.10 bits per heavy atom. The largest absolute Gasteiger partial charge is 0.465 e. The van der Waals surface area contributed by atoms with Crippen LogP contribution in [-0.4, -0.2) is 64.9 Å². The quantitative estimate of drug-likeness (QED) is 0.329. The van der Waals surface area contributed by atoms with Crippen molar-refractivity contribution in [3.63, 3.8) is 0 Å². The molecule has 1 atom stereocenters. The van der Waals surface area contributed by atoms with Crippen LogP contribution in [0.15, 0.2) is 70.1 Å². The zero-order valence-corrected chi connectivity index (χ0v) is 23.4. The van der Waals surface area contributed by atoms with Gasteiger partial charge in [0.05, 0.1) is 37.0 Å². The molecule has 1 aliphatic heterocycles. The first-order valence-corrected chi connectivity index (χ1v) is 13.4. The zero-order chi connectivity index (χ0) is 28.6. The maximum atomic E-state index is 13.8. The van der Waals surface area contributed by atoms with Gasteiger partial charge in [-0.2, -0.15) is 0 Å². The molecular formula is C29H27BrF2N4O4. The minimum absolute atomic E-state index is 0.159. The van der Waals surface area contributed by atoms with Crippen LogP contribution in [0.3, 0.4) is 0 Å². The van der Waals surface area contributed by atoms with Gasteiger partial charge >= 0.3 is 5.97 Å². The lowest BCUT2D eigenvalue weighted by Crippen LogP contribution is -2.56. The number of aliphatic hydroxyl groups excluding tert-OH is 1. The summed E-state index contributed by atoms with van der Waals surface area (Å²) in [4.78, 5) is 34.8. The number of piperazine rings is 1. The van der Waals surface area contributed by atoms with Crippen molar-refractivity contribution < 1.29 is 23.4 Å². The zero-order valence-electron chi connectivity index (χ0n) is 21.9. The Hall–Kier alpha value is -3.67. The molecule has 2 aromatic carbocycles. The van der Waals surface area contributed by atoms with Crippen LogP contribution in [0.4, 0.5) is 14.5 Å². The van der Waals surface area contributed by atoms with Gasteiger partial charge in [0.2, 0.25) is 0 Å². The van der Waals surface area contributed by atoms with E-state index >= 15 is 0 Å². The average molecular weight is 613 g/mol. The normalized spacial score (nSPS) is 16.1. The number of pyridine rings is 2. The molecule has 0 saturated carbocycles. The summed E-state index contributed by atoms with van der Waals surface area (Å²) >= 11 is 3.40. The fraction of sp³-hybridized carbons (Fsp3) is 0.276. The number of aliphatic hydroxyl groups is 1. The second-order valence-electron chi connectivity index (χ2n) is 9.63. The molecule has 1 saturated heterocycles. The number of esters is 1. The lowest BCUT2D eigenvalue weighted by molar-refractivity contribution is 0.0598. The van der Waals surface area contributed by atoms with Gasteiger partial charge in [-0.25, -0.2) is 13.6 Å². The molecule has 8 nitrogen and oxygen atoms in total. The van der Waals surface area contributed by atoms with E-state index in [1.54, 1.807) is 43.6 Å². The van der Waals surface area contributed by atoms with E-state index in [4.69, 9.17) is 4.74 Å². The molecule has 208 valence electrons. The van der Waals surface area contributed by atoms with E-state index in [2.05, 4.69) is 25.8 Å². The van der Waals surface area contributed by atoms with E-state index in [0.29, 0.717) is 40.8 Å². The first kappa shape index (κ1) is 27.9. The number of nitrogens with zero attached hydrogens (tertiary/aromatic N) is 4. The molecule has 0 amide bonds. The van der Waals surface area contributed by atoms with Crippen molar-refractivity contribution in [1.82, 2.24) is 14.5 Å². The number of carbonyl (C=O) groups is 1. The molecule has 4 aromatic rings. The predicted octanol–water partition coefficient (Wildman–Crippen LogP) is 4.03. The summed E-state index contributed by atoms with van der Waals surface area (Å²) < 4.78 is 34.6. The van der Waals surface area contributed by atoms with Crippen LogP contribution in [0.25, 0.3) is 11.0 Å². The van der Waals surface area contributed by atoms with Gasteiger partial charge in [0.25, 0.3) is 5.56 Å². The number of fused-ring (bicyclic) bond motifs is 1. The van der Waals surface area contributed by atoms with Crippen LogP contribution in [0.1, 0.15) is 27.5 Å². The van der Waals surface area contributed by atoms with Crippen molar-refractivity contribution in [2.45, 2.75) is 12.1 Å². The number of hydrogen-bond acceptors (Lipinski definition) is 7. The van der Waals surface area contributed by atoms with Gasteiger partial charge in [0.15, 0.2) is 5.56 Å². The molecule has 40 heavy (non-hydrogen) atoms. The average Bonchev–Trinajstić information content (AvgIpc) is 2.96. The standard InChI is InChI=1S/C29H27BrF2N4O4/c1-34-23-13-19(30)14-33-25(23)27(24(28(34)38)29(39)40-2)36-12-11-35(15-22(36)16-37)26(17-3-7-20(31)8-4-17)18-5-9-21(32)10-6-18/h3-10,13-14,22,26,37H,11-12,15-16H2,1-2H3/t22-/m1/s1. The van der Waals surface area contributed by atoms with Crippen molar-refractivity contribution in [3.05, 3.63) is 104 Å². The van der Waals surface area contributed by atoms with Gasteiger partial charge in [-0.15, -0.1) is 0 Å². The Morgan fingerprint density at radius 2 is 1.70 bits per heavy atom. The van der Waals surface area contributed by atoms with Gasteiger partial charge in [0, 0.05) is 37.4 Å². The molecule has 0 bridgehead atoms. The molecule has 1 N–H and O–H groups in total. The van der Waals surface area contributed by atoms with E-state index < -0.39 is 17.6 Å². The Balaban J connectivity index is 1.60. The van der Waals surface area contributed by atoms with E-state index in [0.717, 1.165) is 11.1 Å². The van der Waals surface area contributed by atoms with E-state index in [1.807, 2.05) is 4.90 Å². The molecule has 0 spiro atoms. The smallest absolute Gasteiger partial charge is 0.345 e. The summed E-state index contributed by atoms with van der Waals surface area (Å²) in [5.41, 5.74) is 2.15. The highest BCUT2D eigenvalue weighted by Gasteiger charge is 2.36. The molecule has 1 fully saturated rings. The van der Waals surface area contributed by atoms with Gasteiger partial charge < -0.3 is 19.3 Å². The number of carbonyl (C=O) groups excluding carboxylic acids is 1. The molecule has 5 rings (SSSR count). The number of ether oxygens (including phenoxy) is 1. The van der Waals surface area contributed by atoms with Crippen molar-refractivity contribution in [2.24, 2.45) is 7.05 Å². The fourth-order valence-electron chi connectivity index (χ4n) is 5.40. The monoisotopic (exact) mass is 612 g/mol. The number of hydrogen-bond donors (Lipinski definition) is 1. The molecule has 0 aliphatic carbocycles. The third-order valence-electron chi connectivity index (χ3n) is 7.31. The van der Waals surface area contributed by atoms with E-state index in [-0.39, 0.29) is 29.8 Å². The third kappa shape index (κ3) is 5.12. The van der Waals surface area contributed by atoms with Gasteiger partial charge in [-0.3, -0.25) is 14.7 Å². The molecule has 1 aliphatic rings. The van der Waals surface area contributed by atoms with Crippen molar-refractivity contribution in [3.8, 4) is 0 Å². The van der Waals surface area contributed by atoms with Crippen molar-refractivity contribution in [1.29, 1.82) is 0 Å². The number of anilines is 1. The summed E-state index contributed by atoms with van der Waals surface area (Å²) in [5.74, 6) is -1.53. The topological polar surface area (TPSA) is 87.9 Å². The maximum absolute atomic E-state index is 13.8. The minimum Gasteiger partial charge on any atom is -0.465 e. The number of aryl methyl sites for hydroxylation is 1. The maximum Gasteiger partial charge on any atom is 0.345 e. The molecule has 3 heterocycles. The second kappa shape index (κ2) is 11.4. The van der Waals surface area contributed by atoms with Crippen molar-refractivity contribution >= 4 is 38.6 Å². The van der Waals surface area contributed by atoms with Crippen LogP contribution in [0.5, 0.6) is 0 Å². The molecule has 0 unspecified atom stereocenters. The fourth-order valence-corrected chi connectivity index (χ4v) is 5.72. The lowest BCUT2D eigenvalue weighted by atomic mass is 9.95. The summed E-state index contributed by atoms with van der Waals surface area (Å²) in [7, 11) is 2.77. The van der Waals surface area contributed by atoms with Crippen LogP contribution < -0.4 is 10.5 Å². The van der Waals surface area contributed by atoms with Gasteiger partial charge in [-0.1, -0.05) is 24.3 Å². The highest BCUT2D eigenvalue weighted by molar-refractivity contribution is 9.10. The lowest BCUT2D eigenvalue weighted by Gasteiger charge is -2.45. The van der Waals surface area contributed by atoms with E-state index in [9.17, 15) is 23.5 Å². The first-order valence-electron chi connectivity index (χ1n) is 12.6. The number of aromatic nitrogens is 2. The Bertz CT molecular complexity index is 1570. The Morgan fingerprint density at radius 3 is 2.25 bits per heavy atom. The molecule has 2 aromatic heterocycles. The summed E-state index contributed by atoms with van der Waals surface area (Å²) in [6.45, 7) is 0.811. The molecular weight excluding hydrogens is 586 g/mol. The number of halogens is 3. The summed E-state index contributed by atoms with van der Waals surface area (Å²) in [6.07, 6.45) is 1.58. The first-order chi connectivity index (χ1) is 19.2. The molecule has 11 heteroatoms. The van der Waals surface area contributed by atoms with Crippen LogP contribution >= 0.6 is 15.9 Å². The number of rotatable bonds is 6. The number of methoxy groups -OCH3 is 1. The van der Waals surface area contributed by atoms with Gasteiger partial charge in [-0.05, 0) is 57.4 Å². The second-order valence-corrected chi connectivity index (χ2v) is 10.5. The van der Waals surface area contributed by atoms with E-state index in [1.165, 1.54) is 35.9 Å². The Labute approximate surface area is 237 Å². The predicted molar refractivity (Wildman–Crippen MR) is 150 cm³/mol. The SMILES string of the molecule is COC(=O)c1c(N2CCN(C(c3ccc(F)cc3)c3ccc(F)cc3)C[C@@H]2CO)c2ncc(Br)cc2n(C)c1=O. The third-order valence-corrected chi connectivity index (χ3v) is 7.75. The number of benzene rings is 2. The summed E-state index contributed by atoms with van der Waals surface area (Å²) in [6, 6.07) is 13.1. The Kier molecular flexibility index (Phi) is 7.97.